The first-order valence-corrected chi connectivity index (χ1v) is 10.9. The molecule has 0 N–H and O–H groups in total. The van der Waals surface area contributed by atoms with E-state index in [0.717, 1.165) is 17.7 Å². The molecule has 2 aliphatic rings. The maximum atomic E-state index is 13.8. The SMILES string of the molecule is O=C(c1nc(-c2cccs2)n(-c2cccc(F)c2)n1)N1CCCC(C2OCCO2)C1. The fourth-order valence-electron chi connectivity index (χ4n) is 3.96. The summed E-state index contributed by atoms with van der Waals surface area (Å²) in [6.07, 6.45) is 1.59. The van der Waals surface area contributed by atoms with E-state index in [-0.39, 0.29) is 29.8 Å². The average molecular weight is 428 g/mol. The molecule has 2 aromatic heterocycles. The number of thiophene rings is 1. The number of carbonyl (C=O) groups is 1. The summed E-state index contributed by atoms with van der Waals surface area (Å²) in [5.41, 5.74) is 0.522. The van der Waals surface area contributed by atoms with E-state index >= 15 is 0 Å². The Morgan fingerprint density at radius 1 is 1.20 bits per heavy atom. The highest BCUT2D eigenvalue weighted by atomic mass is 32.1. The largest absolute Gasteiger partial charge is 0.350 e. The number of rotatable bonds is 4. The van der Waals surface area contributed by atoms with E-state index in [9.17, 15) is 9.18 Å². The Bertz CT molecular complexity index is 1030. The van der Waals surface area contributed by atoms with Crippen LogP contribution in [-0.4, -0.2) is 58.2 Å². The van der Waals surface area contributed by atoms with Crippen molar-refractivity contribution in [3.8, 4) is 16.4 Å². The van der Waals surface area contributed by atoms with Crippen molar-refractivity contribution < 1.29 is 18.7 Å². The topological polar surface area (TPSA) is 69.5 Å². The van der Waals surface area contributed by atoms with Crippen LogP contribution in [0.1, 0.15) is 23.5 Å². The summed E-state index contributed by atoms with van der Waals surface area (Å²) in [5.74, 6) is 0.174. The molecule has 0 aliphatic carbocycles. The van der Waals surface area contributed by atoms with Crippen molar-refractivity contribution in [2.45, 2.75) is 19.1 Å². The predicted octanol–water partition coefficient (Wildman–Crippen LogP) is 3.36. The number of amides is 1. The molecule has 0 spiro atoms. The van der Waals surface area contributed by atoms with E-state index in [0.29, 0.717) is 37.8 Å². The Morgan fingerprint density at radius 3 is 2.83 bits per heavy atom. The molecular formula is C21H21FN4O3S. The molecule has 5 rings (SSSR count). The van der Waals surface area contributed by atoms with Gasteiger partial charge in [-0.15, -0.1) is 16.4 Å². The van der Waals surface area contributed by atoms with Crippen molar-refractivity contribution in [1.82, 2.24) is 19.7 Å². The third-order valence-corrected chi connectivity index (χ3v) is 6.24. The molecule has 4 heterocycles. The van der Waals surface area contributed by atoms with Crippen LogP contribution >= 0.6 is 11.3 Å². The van der Waals surface area contributed by atoms with E-state index in [4.69, 9.17) is 9.47 Å². The lowest BCUT2D eigenvalue weighted by molar-refractivity contribution is -0.0969. The number of nitrogens with zero attached hydrogens (tertiary/aromatic N) is 4. The van der Waals surface area contributed by atoms with Crippen LogP contribution in [0.4, 0.5) is 4.39 Å². The number of hydrogen-bond donors (Lipinski definition) is 0. The molecule has 9 heteroatoms. The van der Waals surface area contributed by atoms with Crippen molar-refractivity contribution in [2.75, 3.05) is 26.3 Å². The first kappa shape index (κ1) is 19.3. The van der Waals surface area contributed by atoms with Gasteiger partial charge in [0.1, 0.15) is 5.82 Å². The molecule has 1 amide bonds. The zero-order chi connectivity index (χ0) is 20.5. The van der Waals surface area contributed by atoms with Gasteiger partial charge in [0, 0.05) is 19.0 Å². The monoisotopic (exact) mass is 428 g/mol. The van der Waals surface area contributed by atoms with Gasteiger partial charge in [0.05, 0.1) is 23.8 Å². The summed E-state index contributed by atoms with van der Waals surface area (Å²) >= 11 is 1.49. The lowest BCUT2D eigenvalue weighted by atomic mass is 9.97. The molecule has 2 aliphatic heterocycles. The van der Waals surface area contributed by atoms with Gasteiger partial charge >= 0.3 is 0 Å². The number of halogens is 1. The highest BCUT2D eigenvalue weighted by Crippen LogP contribution is 2.28. The summed E-state index contributed by atoms with van der Waals surface area (Å²) in [6, 6.07) is 9.93. The first-order chi connectivity index (χ1) is 14.7. The van der Waals surface area contributed by atoms with Gasteiger partial charge < -0.3 is 14.4 Å². The van der Waals surface area contributed by atoms with Crippen LogP contribution in [0.25, 0.3) is 16.4 Å². The molecule has 3 aromatic rings. The van der Waals surface area contributed by atoms with E-state index in [1.165, 1.54) is 28.2 Å². The van der Waals surface area contributed by atoms with E-state index in [1.807, 2.05) is 17.5 Å². The van der Waals surface area contributed by atoms with Crippen molar-refractivity contribution in [1.29, 1.82) is 0 Å². The van der Waals surface area contributed by atoms with Crippen LogP contribution in [0.15, 0.2) is 41.8 Å². The third kappa shape index (κ3) is 3.76. The second-order valence-electron chi connectivity index (χ2n) is 7.39. The Kier molecular flexibility index (Phi) is 5.32. The average Bonchev–Trinajstić information content (AvgIpc) is 3.54. The van der Waals surface area contributed by atoms with Crippen LogP contribution in [0, 0.1) is 11.7 Å². The zero-order valence-electron chi connectivity index (χ0n) is 16.2. The van der Waals surface area contributed by atoms with Gasteiger partial charge in [-0.3, -0.25) is 4.79 Å². The maximum absolute atomic E-state index is 13.8. The van der Waals surface area contributed by atoms with Gasteiger partial charge in [-0.2, -0.15) is 0 Å². The van der Waals surface area contributed by atoms with Gasteiger partial charge in [-0.05, 0) is 42.5 Å². The second-order valence-corrected chi connectivity index (χ2v) is 8.34. The molecule has 2 fully saturated rings. The van der Waals surface area contributed by atoms with Crippen LogP contribution in [0.2, 0.25) is 0 Å². The van der Waals surface area contributed by atoms with Gasteiger partial charge in [0.25, 0.3) is 5.91 Å². The summed E-state index contributed by atoms with van der Waals surface area (Å²) in [5, 5.41) is 6.40. The first-order valence-electron chi connectivity index (χ1n) is 9.98. The number of likely N-dealkylation sites (tertiary alicyclic amines) is 1. The van der Waals surface area contributed by atoms with Crippen molar-refractivity contribution in [3.63, 3.8) is 0 Å². The Morgan fingerprint density at radius 2 is 2.07 bits per heavy atom. The molecule has 0 radical (unpaired) electrons. The van der Waals surface area contributed by atoms with Crippen molar-refractivity contribution in [3.05, 3.63) is 53.4 Å². The summed E-state index contributed by atoms with van der Waals surface area (Å²) in [4.78, 5) is 20.4. The normalized spacial score (nSPS) is 20.0. The number of piperidine rings is 1. The van der Waals surface area contributed by atoms with E-state index < -0.39 is 0 Å². The lowest BCUT2D eigenvalue weighted by Gasteiger charge is -2.34. The molecule has 1 atom stereocenters. The van der Waals surface area contributed by atoms with Crippen LogP contribution in [0.5, 0.6) is 0 Å². The predicted molar refractivity (Wildman–Crippen MR) is 109 cm³/mol. The van der Waals surface area contributed by atoms with Gasteiger partial charge in [0.2, 0.25) is 5.82 Å². The number of hydrogen-bond acceptors (Lipinski definition) is 6. The summed E-state index contributed by atoms with van der Waals surface area (Å²) in [7, 11) is 0. The number of ether oxygens (including phenoxy) is 2. The standard InChI is InChI=1S/C21H21FN4O3S/c22-15-5-1-6-16(12-15)26-19(17-7-3-11-30-17)23-18(24-26)20(27)25-8-2-4-14(13-25)21-28-9-10-29-21/h1,3,5-7,11-12,14,21H,2,4,8-10,13H2. The molecule has 1 aromatic carbocycles. The molecule has 156 valence electrons. The minimum atomic E-state index is -0.372. The molecule has 30 heavy (non-hydrogen) atoms. The smallest absolute Gasteiger partial charge is 0.293 e. The number of aromatic nitrogens is 3. The lowest BCUT2D eigenvalue weighted by Crippen LogP contribution is -2.44. The fraction of sp³-hybridized carbons (Fsp3) is 0.381. The van der Waals surface area contributed by atoms with Crippen molar-refractivity contribution >= 4 is 17.2 Å². The highest BCUT2D eigenvalue weighted by Gasteiger charge is 2.34. The van der Waals surface area contributed by atoms with Gasteiger partial charge in [0.15, 0.2) is 12.1 Å². The second kappa shape index (κ2) is 8.25. The molecule has 2 saturated heterocycles. The maximum Gasteiger partial charge on any atom is 0.293 e. The van der Waals surface area contributed by atoms with Crippen LogP contribution in [0.3, 0.4) is 0 Å². The van der Waals surface area contributed by atoms with E-state index in [1.54, 1.807) is 17.0 Å². The number of benzene rings is 1. The van der Waals surface area contributed by atoms with Crippen LogP contribution < -0.4 is 0 Å². The molecule has 0 saturated carbocycles. The van der Waals surface area contributed by atoms with Gasteiger partial charge in [-0.25, -0.2) is 14.1 Å². The Hall–Kier alpha value is -2.62. The Balaban J connectivity index is 1.45. The Labute approximate surface area is 177 Å². The molecule has 7 nitrogen and oxygen atoms in total. The highest BCUT2D eigenvalue weighted by molar-refractivity contribution is 7.13. The summed E-state index contributed by atoms with van der Waals surface area (Å²) < 4.78 is 26.6. The fourth-order valence-corrected chi connectivity index (χ4v) is 4.66. The summed E-state index contributed by atoms with van der Waals surface area (Å²) in [6.45, 7) is 2.38. The zero-order valence-corrected chi connectivity index (χ0v) is 17.1. The minimum absolute atomic E-state index is 0.108. The quantitative estimate of drug-likeness (QED) is 0.637. The van der Waals surface area contributed by atoms with Crippen molar-refractivity contribution in [2.24, 2.45) is 5.92 Å². The van der Waals surface area contributed by atoms with E-state index in [2.05, 4.69) is 10.1 Å². The minimum Gasteiger partial charge on any atom is -0.350 e. The third-order valence-electron chi connectivity index (χ3n) is 5.37. The van der Waals surface area contributed by atoms with Crippen LogP contribution in [-0.2, 0) is 9.47 Å². The van der Waals surface area contributed by atoms with Gasteiger partial charge in [-0.1, -0.05) is 12.1 Å². The molecular weight excluding hydrogens is 407 g/mol. The molecule has 1 unspecified atom stereocenters. The molecule has 0 bridgehead atoms. The number of carbonyl (C=O) groups excluding carboxylic acids is 1.